The monoisotopic (exact) mass is 368 g/mol. The molecule has 6 nitrogen and oxygen atoms in total. The number of nitrogens with zero attached hydrogens (tertiary/aromatic N) is 1. The summed E-state index contributed by atoms with van der Waals surface area (Å²) >= 11 is 0. The Morgan fingerprint density at radius 3 is 2.63 bits per heavy atom. The Kier molecular flexibility index (Phi) is 7.67. The highest BCUT2D eigenvalue weighted by atomic mass is 16.5. The van der Waals surface area contributed by atoms with E-state index < -0.39 is 5.91 Å². The summed E-state index contributed by atoms with van der Waals surface area (Å²) in [5, 5.41) is 6.54. The number of amides is 1. The summed E-state index contributed by atoms with van der Waals surface area (Å²) in [6, 6.07) is 13.4. The van der Waals surface area contributed by atoms with Crippen LogP contribution in [0.3, 0.4) is 0 Å². The van der Waals surface area contributed by atoms with Gasteiger partial charge in [0.1, 0.15) is 5.75 Å². The molecule has 0 unspecified atom stereocenters. The van der Waals surface area contributed by atoms with Gasteiger partial charge < -0.3 is 21.1 Å². The number of aryl methyl sites for hydroxylation is 1. The van der Waals surface area contributed by atoms with Crippen LogP contribution in [-0.2, 0) is 13.1 Å². The Balaban J connectivity index is 1.96. The molecule has 144 valence electrons. The molecule has 0 bridgehead atoms. The number of ether oxygens (including phenoxy) is 1. The number of hydrogen-bond acceptors (Lipinski definition) is 3. The van der Waals surface area contributed by atoms with Gasteiger partial charge in [-0.25, -0.2) is 0 Å². The minimum Gasteiger partial charge on any atom is -0.493 e. The molecule has 0 aromatic heterocycles. The fourth-order valence-corrected chi connectivity index (χ4v) is 2.57. The van der Waals surface area contributed by atoms with E-state index in [4.69, 9.17) is 10.5 Å². The van der Waals surface area contributed by atoms with Crippen LogP contribution in [0.2, 0.25) is 0 Å². The summed E-state index contributed by atoms with van der Waals surface area (Å²) in [4.78, 5) is 15.5. The zero-order valence-corrected chi connectivity index (χ0v) is 16.2. The average Bonchev–Trinajstić information content (AvgIpc) is 2.67. The number of nitrogens with two attached hydrogens (primary N) is 1. The second kappa shape index (κ2) is 10.2. The summed E-state index contributed by atoms with van der Waals surface area (Å²) in [5.74, 6) is 1.13. The number of rotatable bonds is 8. The van der Waals surface area contributed by atoms with Crippen LogP contribution in [0.15, 0.2) is 47.5 Å². The Morgan fingerprint density at radius 2 is 1.93 bits per heavy atom. The van der Waals surface area contributed by atoms with Gasteiger partial charge in [-0.1, -0.05) is 31.2 Å². The Morgan fingerprint density at radius 1 is 1.15 bits per heavy atom. The van der Waals surface area contributed by atoms with Gasteiger partial charge in [-0.05, 0) is 42.7 Å². The van der Waals surface area contributed by atoms with Gasteiger partial charge in [0.15, 0.2) is 5.96 Å². The molecule has 4 N–H and O–H groups in total. The van der Waals surface area contributed by atoms with Crippen molar-refractivity contribution in [3.8, 4) is 5.75 Å². The third kappa shape index (κ3) is 6.33. The second-order valence-corrected chi connectivity index (χ2v) is 6.30. The van der Waals surface area contributed by atoms with Gasteiger partial charge in [0.25, 0.3) is 0 Å². The normalized spacial score (nSPS) is 11.1. The van der Waals surface area contributed by atoms with Gasteiger partial charge in [-0.3, -0.25) is 9.79 Å². The van der Waals surface area contributed by atoms with Crippen molar-refractivity contribution in [2.24, 2.45) is 10.7 Å². The lowest BCUT2D eigenvalue weighted by atomic mass is 10.1. The Bertz CT molecular complexity index is 803. The number of guanidine groups is 1. The third-order valence-electron chi connectivity index (χ3n) is 4.03. The molecule has 2 rings (SSSR count). The first-order chi connectivity index (χ1) is 13.0. The molecule has 0 saturated heterocycles. The second-order valence-electron chi connectivity index (χ2n) is 6.30. The number of aliphatic imine (C=N–C) groups is 1. The largest absolute Gasteiger partial charge is 0.493 e. The van der Waals surface area contributed by atoms with E-state index in [0.717, 1.165) is 23.3 Å². The molecule has 0 spiro atoms. The molecule has 2 aromatic carbocycles. The van der Waals surface area contributed by atoms with Crippen molar-refractivity contribution in [2.45, 2.75) is 33.4 Å². The van der Waals surface area contributed by atoms with E-state index in [-0.39, 0.29) is 0 Å². The molecule has 0 atom stereocenters. The van der Waals surface area contributed by atoms with E-state index in [9.17, 15) is 4.79 Å². The standard InChI is InChI=1S/C21H28N4O2/c1-4-10-27-19-11-15(2)8-9-18(19)14-25-21(23-3)24-13-16-6-5-7-17(12-16)20(22)26/h5-9,11-12H,4,10,13-14H2,1-3H3,(H2,22,26)(H2,23,24,25). The topological polar surface area (TPSA) is 88.7 Å². The van der Waals surface area contributed by atoms with Crippen molar-refractivity contribution in [3.63, 3.8) is 0 Å². The fourth-order valence-electron chi connectivity index (χ4n) is 2.57. The maximum atomic E-state index is 11.3. The molecule has 0 saturated carbocycles. The Labute approximate surface area is 160 Å². The summed E-state index contributed by atoms with van der Waals surface area (Å²) in [7, 11) is 1.72. The van der Waals surface area contributed by atoms with Crippen molar-refractivity contribution in [1.29, 1.82) is 0 Å². The highest BCUT2D eigenvalue weighted by Crippen LogP contribution is 2.20. The molecular weight excluding hydrogens is 340 g/mol. The summed E-state index contributed by atoms with van der Waals surface area (Å²) in [6.07, 6.45) is 0.967. The van der Waals surface area contributed by atoms with Gasteiger partial charge in [0, 0.05) is 31.3 Å². The van der Waals surface area contributed by atoms with Gasteiger partial charge in [-0.2, -0.15) is 0 Å². The lowest BCUT2D eigenvalue weighted by Gasteiger charge is -2.15. The first-order valence-corrected chi connectivity index (χ1v) is 9.09. The number of primary amides is 1. The summed E-state index contributed by atoms with van der Waals surface area (Å²) in [5.41, 5.74) is 9.02. The van der Waals surface area contributed by atoms with Crippen molar-refractivity contribution < 1.29 is 9.53 Å². The molecule has 27 heavy (non-hydrogen) atoms. The predicted octanol–water partition coefficient (Wildman–Crippen LogP) is 2.75. The van der Waals surface area contributed by atoms with Gasteiger partial charge in [0.2, 0.25) is 5.91 Å². The van der Waals surface area contributed by atoms with Crippen LogP contribution >= 0.6 is 0 Å². The minimum absolute atomic E-state index is 0.432. The van der Waals surface area contributed by atoms with E-state index in [1.165, 1.54) is 5.56 Å². The zero-order chi connectivity index (χ0) is 19.6. The average molecular weight is 368 g/mol. The zero-order valence-electron chi connectivity index (χ0n) is 16.2. The van der Waals surface area contributed by atoms with Crippen molar-refractivity contribution in [2.75, 3.05) is 13.7 Å². The van der Waals surface area contributed by atoms with Crippen LogP contribution < -0.4 is 21.1 Å². The van der Waals surface area contributed by atoms with E-state index in [1.54, 1.807) is 19.2 Å². The maximum Gasteiger partial charge on any atom is 0.248 e. The maximum absolute atomic E-state index is 11.3. The first-order valence-electron chi connectivity index (χ1n) is 9.09. The quantitative estimate of drug-likeness (QED) is 0.494. The number of nitrogens with one attached hydrogen (secondary N) is 2. The van der Waals surface area contributed by atoms with Crippen molar-refractivity contribution >= 4 is 11.9 Å². The van der Waals surface area contributed by atoms with Crippen LogP contribution in [0, 0.1) is 6.92 Å². The van der Waals surface area contributed by atoms with E-state index in [2.05, 4.69) is 47.7 Å². The van der Waals surface area contributed by atoms with Crippen molar-refractivity contribution in [3.05, 3.63) is 64.7 Å². The predicted molar refractivity (Wildman–Crippen MR) is 109 cm³/mol. The molecular formula is C21H28N4O2. The van der Waals surface area contributed by atoms with Gasteiger partial charge in [0.05, 0.1) is 6.61 Å². The fraction of sp³-hybridized carbons (Fsp3) is 0.333. The van der Waals surface area contributed by atoms with E-state index in [1.807, 2.05) is 12.1 Å². The number of benzene rings is 2. The van der Waals surface area contributed by atoms with E-state index in [0.29, 0.717) is 31.2 Å². The lowest BCUT2D eigenvalue weighted by molar-refractivity contribution is 0.1000. The van der Waals surface area contributed by atoms with Gasteiger partial charge >= 0.3 is 0 Å². The van der Waals surface area contributed by atoms with Crippen LogP contribution in [0.25, 0.3) is 0 Å². The SMILES string of the molecule is CCCOc1cc(C)ccc1CNC(=NC)NCc1cccc(C(N)=O)c1. The summed E-state index contributed by atoms with van der Waals surface area (Å²) in [6.45, 7) is 5.97. The molecule has 0 aliphatic rings. The number of carbonyl (C=O) groups excluding carboxylic acids is 1. The number of carbonyl (C=O) groups is 1. The van der Waals surface area contributed by atoms with Crippen LogP contribution in [0.1, 0.15) is 40.4 Å². The molecule has 1 amide bonds. The van der Waals surface area contributed by atoms with E-state index >= 15 is 0 Å². The van der Waals surface area contributed by atoms with Gasteiger partial charge in [-0.15, -0.1) is 0 Å². The molecule has 0 radical (unpaired) electrons. The van der Waals surface area contributed by atoms with Crippen LogP contribution in [-0.4, -0.2) is 25.5 Å². The van der Waals surface area contributed by atoms with Crippen molar-refractivity contribution in [1.82, 2.24) is 10.6 Å². The molecule has 0 fully saturated rings. The van der Waals surface area contributed by atoms with Crippen LogP contribution in [0.5, 0.6) is 5.75 Å². The van der Waals surface area contributed by atoms with Crippen LogP contribution in [0.4, 0.5) is 0 Å². The molecule has 0 aliphatic heterocycles. The smallest absolute Gasteiger partial charge is 0.248 e. The number of hydrogen-bond donors (Lipinski definition) is 3. The lowest BCUT2D eigenvalue weighted by Crippen LogP contribution is -2.36. The minimum atomic E-state index is -0.432. The first kappa shape index (κ1) is 20.3. The summed E-state index contributed by atoms with van der Waals surface area (Å²) < 4.78 is 5.85. The molecule has 0 aliphatic carbocycles. The molecule has 2 aromatic rings. The highest BCUT2D eigenvalue weighted by molar-refractivity contribution is 5.92. The highest BCUT2D eigenvalue weighted by Gasteiger charge is 2.06. The molecule has 0 heterocycles. The Hall–Kier alpha value is -3.02. The molecule has 6 heteroatoms. The third-order valence-corrected chi connectivity index (χ3v) is 4.03.